The van der Waals surface area contributed by atoms with Crippen LogP contribution in [-0.4, -0.2) is 27.1 Å². The molecule has 0 N–H and O–H groups in total. The Balaban J connectivity index is 1.96. The average Bonchev–Trinajstić information content (AvgIpc) is 2.93. The van der Waals surface area contributed by atoms with Crippen molar-refractivity contribution in [2.24, 2.45) is 0 Å². The molecule has 25 heavy (non-hydrogen) atoms. The van der Waals surface area contributed by atoms with Crippen molar-refractivity contribution in [3.8, 4) is 11.4 Å². The summed E-state index contributed by atoms with van der Waals surface area (Å²) in [5.74, 6) is 0. The molecule has 0 fully saturated rings. The Kier molecular flexibility index (Phi) is 4.57. The number of hydrogen-bond donors (Lipinski definition) is 0. The average molecular weight is 349 g/mol. The standard InChI is InChI=1S/C18H15F4N3/c1-12(19)13-10-14(18(20,21)22)5-6-15(11-13)25-9-7-17(24-25)16-4-2-3-8-23-16/h2-5,7-12H,6H2,1H3. The van der Waals surface area contributed by atoms with Crippen LogP contribution in [0.4, 0.5) is 17.6 Å². The lowest BCUT2D eigenvalue weighted by atomic mass is 10.1. The molecule has 0 saturated heterocycles. The van der Waals surface area contributed by atoms with Gasteiger partial charge in [0.05, 0.1) is 11.3 Å². The highest BCUT2D eigenvalue weighted by atomic mass is 19.4. The van der Waals surface area contributed by atoms with Crippen LogP contribution in [0.2, 0.25) is 0 Å². The molecule has 0 bridgehead atoms. The summed E-state index contributed by atoms with van der Waals surface area (Å²) in [5.41, 5.74) is 0.805. The molecule has 1 unspecified atom stereocenters. The molecule has 130 valence electrons. The fraction of sp³-hybridized carbons (Fsp3) is 0.222. The number of pyridine rings is 1. The first kappa shape index (κ1) is 17.1. The van der Waals surface area contributed by atoms with Gasteiger partial charge in [-0.2, -0.15) is 18.3 Å². The van der Waals surface area contributed by atoms with Gasteiger partial charge in [-0.25, -0.2) is 9.07 Å². The molecule has 1 atom stereocenters. The van der Waals surface area contributed by atoms with E-state index in [2.05, 4.69) is 10.1 Å². The summed E-state index contributed by atoms with van der Waals surface area (Å²) < 4.78 is 54.3. The van der Waals surface area contributed by atoms with Crippen molar-refractivity contribution in [1.29, 1.82) is 0 Å². The number of aromatic nitrogens is 3. The molecular formula is C18H15F4N3. The maximum atomic E-state index is 13.7. The summed E-state index contributed by atoms with van der Waals surface area (Å²) >= 11 is 0. The Morgan fingerprint density at radius 3 is 2.56 bits per heavy atom. The lowest BCUT2D eigenvalue weighted by Crippen LogP contribution is -2.11. The quantitative estimate of drug-likeness (QED) is 0.733. The third-order valence-electron chi connectivity index (χ3n) is 3.78. The zero-order valence-electron chi connectivity index (χ0n) is 13.3. The van der Waals surface area contributed by atoms with Gasteiger partial charge < -0.3 is 0 Å². The first-order valence-corrected chi connectivity index (χ1v) is 7.65. The van der Waals surface area contributed by atoms with E-state index in [0.717, 1.165) is 12.2 Å². The topological polar surface area (TPSA) is 30.7 Å². The summed E-state index contributed by atoms with van der Waals surface area (Å²) in [6, 6.07) is 7.09. The monoisotopic (exact) mass is 349 g/mol. The molecule has 0 amide bonds. The van der Waals surface area contributed by atoms with Crippen molar-refractivity contribution in [3.63, 3.8) is 0 Å². The molecule has 2 heterocycles. The van der Waals surface area contributed by atoms with Gasteiger partial charge >= 0.3 is 6.18 Å². The van der Waals surface area contributed by atoms with Gasteiger partial charge in [0.1, 0.15) is 11.9 Å². The van der Waals surface area contributed by atoms with E-state index in [1.165, 1.54) is 17.7 Å². The minimum absolute atomic E-state index is 0.00903. The molecular weight excluding hydrogens is 334 g/mol. The molecule has 0 aliphatic heterocycles. The van der Waals surface area contributed by atoms with E-state index in [1.807, 2.05) is 6.07 Å². The Morgan fingerprint density at radius 1 is 1.12 bits per heavy atom. The highest BCUT2D eigenvalue weighted by Crippen LogP contribution is 2.33. The Hall–Kier alpha value is -2.70. The second-order valence-corrected chi connectivity index (χ2v) is 5.62. The zero-order chi connectivity index (χ0) is 18.0. The molecule has 0 radical (unpaired) electrons. The van der Waals surface area contributed by atoms with E-state index >= 15 is 0 Å². The molecule has 0 saturated carbocycles. The Morgan fingerprint density at radius 2 is 1.92 bits per heavy atom. The Labute approximate surface area is 142 Å². The second-order valence-electron chi connectivity index (χ2n) is 5.62. The number of hydrogen-bond acceptors (Lipinski definition) is 2. The van der Waals surface area contributed by atoms with Crippen LogP contribution in [0.1, 0.15) is 13.3 Å². The minimum atomic E-state index is -4.52. The van der Waals surface area contributed by atoms with Crippen molar-refractivity contribution in [3.05, 3.63) is 66.0 Å². The maximum absolute atomic E-state index is 13.7. The molecule has 1 aliphatic rings. The number of nitrogens with zero attached hydrogens (tertiary/aromatic N) is 3. The van der Waals surface area contributed by atoms with Gasteiger partial charge in [-0.1, -0.05) is 12.1 Å². The van der Waals surface area contributed by atoms with Crippen LogP contribution in [0.15, 0.2) is 66.0 Å². The normalized spacial score (nSPS) is 16.6. The summed E-state index contributed by atoms with van der Waals surface area (Å²) in [7, 11) is 0. The van der Waals surface area contributed by atoms with E-state index < -0.39 is 17.9 Å². The largest absolute Gasteiger partial charge is 0.416 e. The number of rotatable bonds is 3. The van der Waals surface area contributed by atoms with Crippen molar-refractivity contribution >= 4 is 5.70 Å². The van der Waals surface area contributed by atoms with Crippen LogP contribution < -0.4 is 0 Å². The third kappa shape index (κ3) is 3.87. The van der Waals surface area contributed by atoms with Crippen LogP contribution in [-0.2, 0) is 0 Å². The van der Waals surface area contributed by atoms with E-state index in [-0.39, 0.29) is 12.0 Å². The molecule has 2 aromatic rings. The van der Waals surface area contributed by atoms with Crippen LogP contribution in [0.25, 0.3) is 17.1 Å². The summed E-state index contributed by atoms with van der Waals surface area (Å²) in [5, 5.41) is 4.35. The molecule has 3 rings (SSSR count). The summed E-state index contributed by atoms with van der Waals surface area (Å²) in [6.07, 6.45) is 0.507. The Bertz CT molecular complexity index is 843. The predicted octanol–water partition coefficient (Wildman–Crippen LogP) is 4.96. The van der Waals surface area contributed by atoms with Gasteiger partial charge in [0.2, 0.25) is 0 Å². The summed E-state index contributed by atoms with van der Waals surface area (Å²) in [6.45, 7) is 1.21. The molecule has 1 aliphatic carbocycles. The highest BCUT2D eigenvalue weighted by molar-refractivity contribution is 5.59. The lowest BCUT2D eigenvalue weighted by molar-refractivity contribution is -0.0884. The van der Waals surface area contributed by atoms with Crippen molar-refractivity contribution < 1.29 is 17.6 Å². The van der Waals surface area contributed by atoms with Crippen molar-refractivity contribution in [2.75, 3.05) is 0 Å². The van der Waals surface area contributed by atoms with Gasteiger partial charge in [0, 0.05) is 24.5 Å². The smallest absolute Gasteiger partial charge is 0.255 e. The van der Waals surface area contributed by atoms with Gasteiger partial charge in [-0.05, 0) is 42.8 Å². The van der Waals surface area contributed by atoms with Crippen LogP contribution in [0.5, 0.6) is 0 Å². The molecule has 0 spiro atoms. The fourth-order valence-corrected chi connectivity index (χ4v) is 2.47. The van der Waals surface area contributed by atoms with Gasteiger partial charge in [0.15, 0.2) is 0 Å². The third-order valence-corrected chi connectivity index (χ3v) is 3.78. The number of allylic oxidation sites excluding steroid dienone is 6. The highest BCUT2D eigenvalue weighted by Gasteiger charge is 2.33. The maximum Gasteiger partial charge on any atom is 0.416 e. The number of alkyl halides is 4. The summed E-state index contributed by atoms with van der Waals surface area (Å²) in [4.78, 5) is 4.19. The lowest BCUT2D eigenvalue weighted by Gasteiger charge is -2.08. The first-order valence-electron chi connectivity index (χ1n) is 7.65. The van der Waals surface area contributed by atoms with Gasteiger partial charge in [-0.3, -0.25) is 4.98 Å². The fourth-order valence-electron chi connectivity index (χ4n) is 2.47. The van der Waals surface area contributed by atoms with Crippen molar-refractivity contribution in [1.82, 2.24) is 14.8 Å². The van der Waals surface area contributed by atoms with Gasteiger partial charge in [0.25, 0.3) is 0 Å². The SMILES string of the molecule is CC(F)C1=CC(C(F)(F)F)=CCC(n2ccc(-c3ccccn3)n2)=C1. The van der Waals surface area contributed by atoms with E-state index in [9.17, 15) is 17.6 Å². The van der Waals surface area contributed by atoms with E-state index in [0.29, 0.717) is 17.1 Å². The molecule has 3 nitrogen and oxygen atoms in total. The predicted molar refractivity (Wildman–Crippen MR) is 87.1 cm³/mol. The molecule has 0 aromatic carbocycles. The van der Waals surface area contributed by atoms with E-state index in [4.69, 9.17) is 0 Å². The molecule has 7 heteroatoms. The van der Waals surface area contributed by atoms with Crippen LogP contribution in [0.3, 0.4) is 0 Å². The first-order chi connectivity index (χ1) is 11.8. The zero-order valence-corrected chi connectivity index (χ0v) is 13.3. The second kappa shape index (κ2) is 6.66. The van der Waals surface area contributed by atoms with Gasteiger partial charge in [-0.15, -0.1) is 0 Å². The van der Waals surface area contributed by atoms with E-state index in [1.54, 1.807) is 30.6 Å². The molecule has 2 aromatic heterocycles. The van der Waals surface area contributed by atoms with Crippen LogP contribution >= 0.6 is 0 Å². The number of halogens is 4. The van der Waals surface area contributed by atoms with Crippen LogP contribution in [0, 0.1) is 0 Å². The van der Waals surface area contributed by atoms with Crippen molar-refractivity contribution in [2.45, 2.75) is 25.7 Å². The minimum Gasteiger partial charge on any atom is -0.255 e.